The number of carboxylic acids is 1. The fraction of sp³-hybridized carbons (Fsp3) is 0.875. The van der Waals surface area contributed by atoms with E-state index in [1.165, 1.54) is 0 Å². The third-order valence-corrected chi connectivity index (χ3v) is 2.18. The van der Waals surface area contributed by atoms with Crippen molar-refractivity contribution in [2.75, 3.05) is 13.2 Å². The Morgan fingerprint density at radius 2 is 2.25 bits per heavy atom. The van der Waals surface area contributed by atoms with Crippen LogP contribution in [-0.2, 0) is 9.53 Å². The molecule has 0 bridgehead atoms. The van der Waals surface area contributed by atoms with E-state index >= 15 is 0 Å². The Morgan fingerprint density at radius 1 is 1.67 bits per heavy atom. The fourth-order valence-corrected chi connectivity index (χ4v) is 1.44. The largest absolute Gasteiger partial charge is 0.481 e. The maximum atomic E-state index is 10.4. The van der Waals surface area contributed by atoms with Crippen molar-refractivity contribution in [3.8, 4) is 0 Å². The Bertz CT molecular complexity index is 172. The fourth-order valence-electron chi connectivity index (χ4n) is 1.44. The van der Waals surface area contributed by atoms with Gasteiger partial charge < -0.3 is 14.9 Å². The van der Waals surface area contributed by atoms with Crippen LogP contribution >= 0.6 is 0 Å². The highest BCUT2D eigenvalue weighted by Gasteiger charge is 2.46. The Morgan fingerprint density at radius 3 is 2.67 bits per heavy atom. The standard InChI is InChI=1S/C8H14O4/c1-2-12-5-8(11)3-6(4-8)7(9)10/h6,11H,2-5H2,1H3,(H,9,10). The van der Waals surface area contributed by atoms with E-state index in [0.717, 1.165) is 0 Å². The van der Waals surface area contributed by atoms with Crippen molar-refractivity contribution in [1.29, 1.82) is 0 Å². The van der Waals surface area contributed by atoms with Crippen molar-refractivity contribution in [2.24, 2.45) is 5.92 Å². The zero-order chi connectivity index (χ0) is 9.19. The van der Waals surface area contributed by atoms with Gasteiger partial charge in [-0.05, 0) is 19.8 Å². The number of carbonyl (C=O) groups is 1. The Hall–Kier alpha value is -0.610. The molecule has 0 saturated heterocycles. The molecule has 0 aliphatic heterocycles. The lowest BCUT2D eigenvalue weighted by atomic mass is 9.71. The van der Waals surface area contributed by atoms with Gasteiger partial charge in [-0.25, -0.2) is 0 Å². The van der Waals surface area contributed by atoms with Gasteiger partial charge in [-0.3, -0.25) is 4.79 Å². The van der Waals surface area contributed by atoms with Gasteiger partial charge in [0.1, 0.15) is 0 Å². The lowest BCUT2D eigenvalue weighted by Gasteiger charge is -2.40. The highest BCUT2D eigenvalue weighted by Crippen LogP contribution is 2.37. The molecule has 0 amide bonds. The molecule has 12 heavy (non-hydrogen) atoms. The van der Waals surface area contributed by atoms with Crippen molar-refractivity contribution in [3.05, 3.63) is 0 Å². The molecule has 1 fully saturated rings. The number of rotatable bonds is 4. The minimum absolute atomic E-state index is 0.257. The lowest BCUT2D eigenvalue weighted by Crippen LogP contribution is -2.50. The molecule has 0 unspecified atom stereocenters. The first kappa shape index (κ1) is 9.48. The highest BCUT2D eigenvalue weighted by molar-refractivity contribution is 5.71. The van der Waals surface area contributed by atoms with Crippen LogP contribution in [-0.4, -0.2) is 35.0 Å². The number of hydrogen-bond donors (Lipinski definition) is 2. The highest BCUT2D eigenvalue weighted by atomic mass is 16.5. The Labute approximate surface area is 71.2 Å². The van der Waals surface area contributed by atoms with Gasteiger partial charge in [-0.2, -0.15) is 0 Å². The first-order valence-electron chi connectivity index (χ1n) is 4.10. The zero-order valence-electron chi connectivity index (χ0n) is 7.12. The summed E-state index contributed by atoms with van der Waals surface area (Å²) < 4.78 is 5.03. The molecule has 0 atom stereocenters. The summed E-state index contributed by atoms with van der Waals surface area (Å²) in [5.41, 5.74) is -0.876. The normalized spacial score (nSPS) is 34.3. The number of carboxylic acid groups (broad SMARTS) is 1. The van der Waals surface area contributed by atoms with E-state index < -0.39 is 11.6 Å². The number of aliphatic hydroxyl groups is 1. The van der Waals surface area contributed by atoms with Gasteiger partial charge in [0.15, 0.2) is 0 Å². The van der Waals surface area contributed by atoms with Gasteiger partial charge in [0.05, 0.1) is 18.1 Å². The Balaban J connectivity index is 2.25. The summed E-state index contributed by atoms with van der Waals surface area (Å²) in [7, 11) is 0. The van der Waals surface area contributed by atoms with Gasteiger partial charge in [0.25, 0.3) is 0 Å². The molecule has 0 aromatic heterocycles. The van der Waals surface area contributed by atoms with Gasteiger partial charge in [0, 0.05) is 6.61 Å². The summed E-state index contributed by atoms with van der Waals surface area (Å²) in [6, 6.07) is 0. The second kappa shape index (κ2) is 3.41. The topological polar surface area (TPSA) is 66.8 Å². The second-order valence-corrected chi connectivity index (χ2v) is 3.30. The minimum atomic E-state index is -0.876. The van der Waals surface area contributed by atoms with Crippen LogP contribution in [0.15, 0.2) is 0 Å². The van der Waals surface area contributed by atoms with E-state index in [0.29, 0.717) is 19.4 Å². The van der Waals surface area contributed by atoms with Gasteiger partial charge in [-0.1, -0.05) is 0 Å². The van der Waals surface area contributed by atoms with Gasteiger partial charge in [-0.15, -0.1) is 0 Å². The SMILES string of the molecule is CCOCC1(O)CC(C(=O)O)C1. The molecule has 0 radical (unpaired) electrons. The molecule has 2 N–H and O–H groups in total. The number of hydrogen-bond acceptors (Lipinski definition) is 3. The van der Waals surface area contributed by atoms with Crippen LogP contribution in [0.5, 0.6) is 0 Å². The predicted molar refractivity (Wildman–Crippen MR) is 41.8 cm³/mol. The third kappa shape index (κ3) is 1.95. The maximum absolute atomic E-state index is 10.4. The predicted octanol–water partition coefficient (Wildman–Crippen LogP) is 0.249. The molecule has 1 aliphatic carbocycles. The molecule has 0 aromatic rings. The molecular formula is C8H14O4. The molecule has 4 heteroatoms. The summed E-state index contributed by atoms with van der Waals surface area (Å²) in [6.07, 6.45) is 0.644. The molecule has 0 heterocycles. The monoisotopic (exact) mass is 174 g/mol. The van der Waals surface area contributed by atoms with E-state index in [4.69, 9.17) is 9.84 Å². The first-order chi connectivity index (χ1) is 5.57. The Kier molecular flexibility index (Phi) is 2.69. The summed E-state index contributed by atoms with van der Waals surface area (Å²) >= 11 is 0. The number of aliphatic carboxylic acids is 1. The van der Waals surface area contributed by atoms with Crippen LogP contribution in [0.3, 0.4) is 0 Å². The summed E-state index contributed by atoms with van der Waals surface area (Å²) in [5.74, 6) is -1.20. The molecular weight excluding hydrogens is 160 g/mol. The average Bonchev–Trinajstić information content (AvgIpc) is 1.95. The molecule has 1 aliphatic rings. The quantitative estimate of drug-likeness (QED) is 0.641. The molecule has 4 nitrogen and oxygen atoms in total. The summed E-state index contributed by atoms with van der Waals surface area (Å²) in [5, 5.41) is 18.1. The van der Waals surface area contributed by atoms with Crippen molar-refractivity contribution in [3.63, 3.8) is 0 Å². The van der Waals surface area contributed by atoms with Gasteiger partial charge in [0.2, 0.25) is 0 Å². The van der Waals surface area contributed by atoms with Crippen LogP contribution in [0.2, 0.25) is 0 Å². The molecule has 1 rings (SSSR count). The summed E-state index contributed by atoms with van der Waals surface area (Å²) in [6.45, 7) is 2.66. The van der Waals surface area contributed by atoms with Crippen LogP contribution in [0.1, 0.15) is 19.8 Å². The van der Waals surface area contributed by atoms with Crippen molar-refractivity contribution >= 4 is 5.97 Å². The smallest absolute Gasteiger partial charge is 0.306 e. The molecule has 70 valence electrons. The zero-order valence-corrected chi connectivity index (χ0v) is 7.12. The molecule has 1 saturated carbocycles. The van der Waals surface area contributed by atoms with E-state index in [9.17, 15) is 9.90 Å². The van der Waals surface area contributed by atoms with Gasteiger partial charge >= 0.3 is 5.97 Å². The molecule has 0 spiro atoms. The van der Waals surface area contributed by atoms with Crippen LogP contribution in [0.4, 0.5) is 0 Å². The molecule has 0 aromatic carbocycles. The van der Waals surface area contributed by atoms with Crippen molar-refractivity contribution < 1.29 is 19.7 Å². The van der Waals surface area contributed by atoms with E-state index in [2.05, 4.69) is 0 Å². The van der Waals surface area contributed by atoms with E-state index in [-0.39, 0.29) is 12.5 Å². The van der Waals surface area contributed by atoms with E-state index in [1.807, 2.05) is 6.92 Å². The number of ether oxygens (including phenoxy) is 1. The summed E-state index contributed by atoms with van der Waals surface area (Å²) in [4.78, 5) is 10.4. The first-order valence-corrected chi connectivity index (χ1v) is 4.10. The van der Waals surface area contributed by atoms with E-state index in [1.54, 1.807) is 0 Å². The minimum Gasteiger partial charge on any atom is -0.481 e. The van der Waals surface area contributed by atoms with Crippen molar-refractivity contribution in [1.82, 2.24) is 0 Å². The lowest BCUT2D eigenvalue weighted by molar-refractivity contribution is -0.166. The van der Waals surface area contributed by atoms with Crippen molar-refractivity contribution in [2.45, 2.75) is 25.4 Å². The average molecular weight is 174 g/mol. The third-order valence-electron chi connectivity index (χ3n) is 2.18. The second-order valence-electron chi connectivity index (χ2n) is 3.30. The van der Waals surface area contributed by atoms with Crippen LogP contribution in [0.25, 0.3) is 0 Å². The van der Waals surface area contributed by atoms with Crippen LogP contribution in [0, 0.1) is 5.92 Å². The van der Waals surface area contributed by atoms with Crippen LogP contribution < -0.4 is 0 Å². The maximum Gasteiger partial charge on any atom is 0.306 e.